The van der Waals surface area contributed by atoms with E-state index >= 15 is 0 Å². The van der Waals surface area contributed by atoms with E-state index in [0.717, 1.165) is 7.11 Å². The van der Waals surface area contributed by atoms with Crippen molar-refractivity contribution < 1.29 is 19.2 Å². The van der Waals surface area contributed by atoms with Crippen LogP contribution in [-0.2, 0) is 9.53 Å². The van der Waals surface area contributed by atoms with Crippen LogP contribution in [0.25, 0.3) is 11.8 Å². The second-order valence-electron chi connectivity index (χ2n) is 3.45. The topological polar surface area (TPSA) is 102 Å². The summed E-state index contributed by atoms with van der Waals surface area (Å²) in [5.41, 5.74) is -0.0927. The average Bonchev–Trinajstić information content (AvgIpc) is 2.81. The summed E-state index contributed by atoms with van der Waals surface area (Å²) in [6.07, 6.45) is 3.79. The molecule has 0 fully saturated rings. The van der Waals surface area contributed by atoms with E-state index in [0.29, 0.717) is 0 Å². The van der Waals surface area contributed by atoms with Gasteiger partial charge in [0.25, 0.3) is 11.5 Å². The van der Waals surface area contributed by atoms with Crippen LogP contribution in [0, 0.1) is 10.1 Å². The normalized spacial score (nSPS) is 10.9. The number of nitro groups is 1. The monoisotopic (exact) mass is 264 g/mol. The van der Waals surface area contributed by atoms with Crippen LogP contribution >= 0.6 is 0 Å². The number of ether oxygens (including phenoxy) is 1. The zero-order valence-corrected chi connectivity index (χ0v) is 10.4. The molecule has 0 spiro atoms. The van der Waals surface area contributed by atoms with Gasteiger partial charge >= 0.3 is 5.97 Å². The number of allylic oxidation sites excluding steroid dienone is 1. The standard InChI is InChI=1S/C12H12N2O5/c1-4-8-10(9(5-2)14(17)18)7(6-13-8)11(15)12(16)19-3/h4-6,13H,1H2,2-3H3/b9-5+. The first-order valence-corrected chi connectivity index (χ1v) is 5.25. The third-order valence-electron chi connectivity index (χ3n) is 2.46. The number of carbonyl (C=O) groups excluding carboxylic acids is 2. The first-order valence-electron chi connectivity index (χ1n) is 5.25. The van der Waals surface area contributed by atoms with Gasteiger partial charge in [-0.15, -0.1) is 0 Å². The number of ketones is 1. The molecule has 0 unspecified atom stereocenters. The molecule has 0 aliphatic heterocycles. The quantitative estimate of drug-likeness (QED) is 0.286. The molecule has 0 aromatic carbocycles. The molecule has 0 saturated heterocycles. The fourth-order valence-corrected chi connectivity index (χ4v) is 1.60. The summed E-state index contributed by atoms with van der Waals surface area (Å²) in [5, 5.41) is 11.0. The lowest BCUT2D eigenvalue weighted by atomic mass is 10.0. The molecule has 0 aliphatic rings. The van der Waals surface area contributed by atoms with Crippen LogP contribution in [0.3, 0.4) is 0 Å². The van der Waals surface area contributed by atoms with Gasteiger partial charge in [0.15, 0.2) is 0 Å². The van der Waals surface area contributed by atoms with Gasteiger partial charge < -0.3 is 9.72 Å². The van der Waals surface area contributed by atoms with Gasteiger partial charge in [0.05, 0.1) is 28.9 Å². The number of Topliss-reactive ketones (excluding diaryl/α,β-unsaturated/α-hetero) is 1. The van der Waals surface area contributed by atoms with Crippen molar-refractivity contribution in [3.05, 3.63) is 45.8 Å². The lowest BCUT2D eigenvalue weighted by molar-refractivity contribution is -0.375. The molecule has 1 rings (SSSR count). The number of methoxy groups -OCH3 is 1. The summed E-state index contributed by atoms with van der Waals surface area (Å²) in [7, 11) is 1.06. The summed E-state index contributed by atoms with van der Waals surface area (Å²) in [6.45, 7) is 4.96. The van der Waals surface area contributed by atoms with Gasteiger partial charge in [0, 0.05) is 6.20 Å². The average molecular weight is 264 g/mol. The molecule has 7 nitrogen and oxygen atoms in total. The molecular weight excluding hydrogens is 252 g/mol. The lowest BCUT2D eigenvalue weighted by Gasteiger charge is -2.02. The highest BCUT2D eigenvalue weighted by atomic mass is 16.6. The number of H-pyrrole nitrogens is 1. The molecule has 100 valence electrons. The number of hydrogen-bond acceptors (Lipinski definition) is 5. The van der Waals surface area contributed by atoms with Crippen molar-refractivity contribution >= 4 is 23.5 Å². The van der Waals surface area contributed by atoms with Crippen molar-refractivity contribution in [2.75, 3.05) is 7.11 Å². The van der Waals surface area contributed by atoms with Crippen LogP contribution in [0.2, 0.25) is 0 Å². The van der Waals surface area contributed by atoms with Crippen molar-refractivity contribution in [2.45, 2.75) is 6.92 Å². The van der Waals surface area contributed by atoms with Gasteiger partial charge in [-0.3, -0.25) is 14.9 Å². The van der Waals surface area contributed by atoms with Crippen LogP contribution in [0.1, 0.15) is 28.5 Å². The molecule has 0 atom stereocenters. The predicted octanol–water partition coefficient (Wildman–Crippen LogP) is 1.65. The molecule has 1 heterocycles. The molecule has 1 aromatic heterocycles. The Morgan fingerprint density at radius 3 is 2.58 bits per heavy atom. The van der Waals surface area contributed by atoms with Crippen LogP contribution < -0.4 is 0 Å². The SMILES string of the molecule is C=Cc1[nH]cc(C(=O)C(=O)OC)c1/C(=C\C)[N+](=O)[O-]. The van der Waals surface area contributed by atoms with E-state index in [9.17, 15) is 19.7 Å². The van der Waals surface area contributed by atoms with Gasteiger partial charge in [0.1, 0.15) is 0 Å². The maximum atomic E-state index is 11.8. The maximum Gasteiger partial charge on any atom is 0.379 e. The Labute approximate surface area is 108 Å². The molecule has 0 amide bonds. The van der Waals surface area contributed by atoms with Crippen LogP contribution in [0.5, 0.6) is 0 Å². The van der Waals surface area contributed by atoms with E-state index in [1.165, 1.54) is 25.3 Å². The molecule has 1 N–H and O–H groups in total. The molecule has 0 saturated carbocycles. The number of hydrogen-bond donors (Lipinski definition) is 1. The summed E-state index contributed by atoms with van der Waals surface area (Å²) in [4.78, 5) is 36.0. The molecule has 1 aromatic rings. The third-order valence-corrected chi connectivity index (χ3v) is 2.46. The highest BCUT2D eigenvalue weighted by molar-refractivity contribution is 6.41. The van der Waals surface area contributed by atoms with E-state index in [4.69, 9.17) is 0 Å². The first-order chi connectivity index (χ1) is 8.97. The van der Waals surface area contributed by atoms with E-state index in [2.05, 4.69) is 16.3 Å². The number of nitrogens with zero attached hydrogens (tertiary/aromatic N) is 1. The van der Waals surface area contributed by atoms with Gasteiger partial charge in [-0.25, -0.2) is 4.79 Å². The Morgan fingerprint density at radius 2 is 2.16 bits per heavy atom. The minimum atomic E-state index is -1.09. The van der Waals surface area contributed by atoms with Crippen LogP contribution in [0.15, 0.2) is 18.9 Å². The predicted molar refractivity (Wildman–Crippen MR) is 67.9 cm³/mol. The second kappa shape index (κ2) is 5.76. The van der Waals surface area contributed by atoms with Gasteiger partial charge in [0.2, 0.25) is 0 Å². The smallest absolute Gasteiger partial charge is 0.379 e. The van der Waals surface area contributed by atoms with Crippen molar-refractivity contribution in [2.24, 2.45) is 0 Å². The number of aromatic nitrogens is 1. The Morgan fingerprint density at radius 1 is 1.53 bits per heavy atom. The van der Waals surface area contributed by atoms with E-state index in [1.807, 2.05) is 0 Å². The van der Waals surface area contributed by atoms with Gasteiger partial charge in [-0.05, 0) is 19.1 Å². The Kier molecular flexibility index (Phi) is 4.36. The van der Waals surface area contributed by atoms with E-state index in [1.54, 1.807) is 0 Å². The molecule has 0 radical (unpaired) electrons. The van der Waals surface area contributed by atoms with Crippen molar-refractivity contribution in [1.29, 1.82) is 0 Å². The lowest BCUT2D eigenvalue weighted by Crippen LogP contribution is -2.17. The largest absolute Gasteiger partial charge is 0.463 e. The number of nitrogens with one attached hydrogen (secondary N) is 1. The van der Waals surface area contributed by atoms with Crippen molar-refractivity contribution in [3.63, 3.8) is 0 Å². The first kappa shape index (κ1) is 14.4. The second-order valence-corrected chi connectivity index (χ2v) is 3.45. The minimum absolute atomic E-state index is 0.0258. The molecule has 0 aliphatic carbocycles. The maximum absolute atomic E-state index is 11.8. The fourth-order valence-electron chi connectivity index (χ4n) is 1.60. The van der Waals surface area contributed by atoms with E-state index in [-0.39, 0.29) is 22.5 Å². The number of carbonyl (C=O) groups is 2. The summed E-state index contributed by atoms with van der Waals surface area (Å²) < 4.78 is 4.32. The fraction of sp³-hybridized carbons (Fsp3) is 0.167. The summed E-state index contributed by atoms with van der Waals surface area (Å²) in [5.74, 6) is -2.04. The zero-order chi connectivity index (χ0) is 14.6. The van der Waals surface area contributed by atoms with Crippen LogP contribution in [0.4, 0.5) is 0 Å². The summed E-state index contributed by atoms with van der Waals surface area (Å²) >= 11 is 0. The minimum Gasteiger partial charge on any atom is -0.463 e. The van der Waals surface area contributed by atoms with Crippen molar-refractivity contribution in [1.82, 2.24) is 4.98 Å². The Bertz CT molecular complexity index is 583. The molecule has 0 bridgehead atoms. The highest BCUT2D eigenvalue weighted by Gasteiger charge is 2.29. The Balaban J connectivity index is 3.48. The zero-order valence-electron chi connectivity index (χ0n) is 10.4. The van der Waals surface area contributed by atoms with Crippen molar-refractivity contribution in [3.8, 4) is 0 Å². The number of rotatable bonds is 5. The molecular formula is C12H12N2O5. The Hall–Kier alpha value is -2.70. The molecule has 19 heavy (non-hydrogen) atoms. The van der Waals surface area contributed by atoms with Gasteiger partial charge in [-0.1, -0.05) is 6.58 Å². The third kappa shape index (κ3) is 2.59. The molecule has 7 heteroatoms. The number of esters is 1. The highest BCUT2D eigenvalue weighted by Crippen LogP contribution is 2.25. The van der Waals surface area contributed by atoms with E-state index < -0.39 is 16.7 Å². The van der Waals surface area contributed by atoms with Crippen LogP contribution in [-0.4, -0.2) is 28.8 Å². The summed E-state index contributed by atoms with van der Waals surface area (Å²) in [6, 6.07) is 0. The van der Waals surface area contributed by atoms with Gasteiger partial charge in [-0.2, -0.15) is 0 Å². The number of aromatic amines is 1.